The molecule has 1 atom stereocenters. The van der Waals surface area contributed by atoms with Gasteiger partial charge >= 0.3 is 11.3 Å². The Kier molecular flexibility index (Phi) is 3.63. The molecule has 0 saturated heterocycles. The van der Waals surface area contributed by atoms with Gasteiger partial charge in [0.2, 0.25) is 5.82 Å². The molecule has 0 amide bonds. The van der Waals surface area contributed by atoms with Crippen LogP contribution in [0.3, 0.4) is 0 Å². The maximum atomic E-state index is 12.9. The Hall–Kier alpha value is -2.32. The van der Waals surface area contributed by atoms with E-state index in [-0.39, 0.29) is 11.5 Å². The molecule has 9 heteroatoms. The highest BCUT2D eigenvalue weighted by Gasteiger charge is 2.35. The van der Waals surface area contributed by atoms with Crippen LogP contribution in [-0.2, 0) is 10.5 Å². The highest BCUT2D eigenvalue weighted by atomic mass is 35.5. The standard InChI is InChI=1S/C13H7ClF2N3O3/c14-13(15,16)12-18-11(19-22-12)8-3-1-2-7(4-8)10(20)9-5-21-6-17-9/h1-6,10H. The summed E-state index contributed by atoms with van der Waals surface area (Å²) in [4.78, 5) is 7.30. The first-order valence-corrected chi connectivity index (χ1v) is 6.38. The molecule has 3 rings (SSSR count). The normalized spacial score (nSPS) is 13.3. The minimum Gasteiger partial charge on any atom is -0.451 e. The largest absolute Gasteiger partial charge is 0.451 e. The van der Waals surface area contributed by atoms with Crippen molar-refractivity contribution in [3.8, 4) is 11.4 Å². The molecule has 0 saturated carbocycles. The third-order valence-electron chi connectivity index (χ3n) is 2.84. The molecule has 0 bridgehead atoms. The summed E-state index contributed by atoms with van der Waals surface area (Å²) >= 11 is 4.81. The molecule has 0 spiro atoms. The van der Waals surface area contributed by atoms with Gasteiger partial charge in [-0.25, -0.2) is 10.1 Å². The van der Waals surface area contributed by atoms with Crippen LogP contribution in [-0.4, -0.2) is 15.1 Å². The molecule has 1 aromatic carbocycles. The number of oxazole rings is 1. The number of nitrogens with zero attached hydrogens (tertiary/aromatic N) is 3. The molecule has 0 aliphatic carbocycles. The summed E-state index contributed by atoms with van der Waals surface area (Å²) < 4.78 is 34.9. The summed E-state index contributed by atoms with van der Waals surface area (Å²) in [7, 11) is 0. The van der Waals surface area contributed by atoms with E-state index >= 15 is 0 Å². The molecular formula is C13H7ClF2N3O3. The predicted octanol–water partition coefficient (Wildman–Crippen LogP) is 3.53. The lowest BCUT2D eigenvalue weighted by molar-refractivity contribution is 0.0551. The zero-order valence-corrected chi connectivity index (χ0v) is 11.5. The molecule has 0 aliphatic heterocycles. The molecule has 2 aromatic heterocycles. The van der Waals surface area contributed by atoms with Crippen LogP contribution in [0.1, 0.15) is 23.3 Å². The Morgan fingerprint density at radius 3 is 2.77 bits per heavy atom. The first-order valence-electron chi connectivity index (χ1n) is 6.00. The van der Waals surface area contributed by atoms with Crippen LogP contribution in [0.4, 0.5) is 8.78 Å². The third kappa shape index (κ3) is 2.83. The van der Waals surface area contributed by atoms with E-state index in [9.17, 15) is 13.9 Å². The molecule has 113 valence electrons. The minimum atomic E-state index is -3.75. The molecule has 0 fully saturated rings. The molecule has 1 unspecified atom stereocenters. The van der Waals surface area contributed by atoms with Crippen molar-refractivity contribution in [3.63, 3.8) is 0 Å². The molecule has 3 aromatic rings. The maximum absolute atomic E-state index is 12.9. The van der Waals surface area contributed by atoms with Gasteiger partial charge in [0, 0.05) is 5.56 Å². The van der Waals surface area contributed by atoms with Crippen LogP contribution in [0.25, 0.3) is 11.4 Å². The van der Waals surface area contributed by atoms with E-state index in [1.54, 1.807) is 18.2 Å². The summed E-state index contributed by atoms with van der Waals surface area (Å²) in [5.41, 5.74) is 0.909. The number of hydrogen-bond donors (Lipinski definition) is 0. The van der Waals surface area contributed by atoms with Crippen LogP contribution >= 0.6 is 11.6 Å². The molecule has 0 N–H and O–H groups in total. The Labute approximate surface area is 127 Å². The van der Waals surface area contributed by atoms with Gasteiger partial charge in [0.15, 0.2) is 12.5 Å². The SMILES string of the molecule is [O]C(c1cccc(-c2noc(C(F)(F)Cl)n2)c1)c1cocn1. The van der Waals surface area contributed by atoms with Crippen LogP contribution in [0.15, 0.2) is 45.9 Å². The second kappa shape index (κ2) is 5.47. The Morgan fingerprint density at radius 2 is 2.14 bits per heavy atom. The van der Waals surface area contributed by atoms with Crippen LogP contribution in [0.2, 0.25) is 0 Å². The topological polar surface area (TPSA) is 84.9 Å². The smallest absolute Gasteiger partial charge is 0.400 e. The summed E-state index contributed by atoms with van der Waals surface area (Å²) in [6.07, 6.45) is 1.11. The highest BCUT2D eigenvalue weighted by Crippen LogP contribution is 2.32. The fraction of sp³-hybridized carbons (Fsp3) is 0.154. The van der Waals surface area contributed by atoms with Gasteiger partial charge in [0.1, 0.15) is 12.0 Å². The van der Waals surface area contributed by atoms with Gasteiger partial charge in [-0.3, -0.25) is 0 Å². The number of rotatable bonds is 4. The molecule has 1 radical (unpaired) electrons. The molecular weight excluding hydrogens is 320 g/mol. The average Bonchev–Trinajstić information content (AvgIpc) is 3.17. The van der Waals surface area contributed by atoms with Crippen molar-refractivity contribution in [3.05, 3.63) is 54.1 Å². The Bertz CT molecular complexity index is 771. The highest BCUT2D eigenvalue weighted by molar-refractivity contribution is 6.21. The quantitative estimate of drug-likeness (QED) is 0.685. The maximum Gasteiger partial charge on any atom is 0.400 e. The summed E-state index contributed by atoms with van der Waals surface area (Å²) in [6, 6.07) is 6.17. The summed E-state index contributed by atoms with van der Waals surface area (Å²) in [5.74, 6) is -1.10. The Morgan fingerprint density at radius 1 is 1.32 bits per heavy atom. The fourth-order valence-electron chi connectivity index (χ4n) is 1.82. The first kappa shape index (κ1) is 14.6. The van der Waals surface area contributed by atoms with Gasteiger partial charge in [-0.2, -0.15) is 13.8 Å². The van der Waals surface area contributed by atoms with Gasteiger partial charge < -0.3 is 8.94 Å². The molecule has 6 nitrogen and oxygen atoms in total. The second-order valence-electron chi connectivity index (χ2n) is 4.34. The van der Waals surface area contributed by atoms with Crippen molar-refractivity contribution in [2.45, 2.75) is 11.5 Å². The summed E-state index contributed by atoms with van der Waals surface area (Å²) in [6.45, 7) is 0. The van der Waals surface area contributed by atoms with Crippen molar-refractivity contribution < 1.29 is 22.8 Å². The van der Waals surface area contributed by atoms with Crippen molar-refractivity contribution >= 4 is 11.6 Å². The second-order valence-corrected chi connectivity index (χ2v) is 4.81. The van der Waals surface area contributed by atoms with Crippen LogP contribution in [0.5, 0.6) is 0 Å². The van der Waals surface area contributed by atoms with Gasteiger partial charge in [-0.1, -0.05) is 23.4 Å². The monoisotopic (exact) mass is 326 g/mol. The zero-order valence-electron chi connectivity index (χ0n) is 10.7. The van der Waals surface area contributed by atoms with Gasteiger partial charge in [0.05, 0.1) is 0 Å². The lowest BCUT2D eigenvalue weighted by Crippen LogP contribution is -2.03. The zero-order chi connectivity index (χ0) is 15.7. The summed E-state index contributed by atoms with van der Waals surface area (Å²) in [5, 5.41) is 11.9. The van der Waals surface area contributed by atoms with Crippen molar-refractivity contribution in [1.82, 2.24) is 15.1 Å². The van der Waals surface area contributed by atoms with Crippen molar-refractivity contribution in [2.24, 2.45) is 0 Å². The van der Waals surface area contributed by atoms with E-state index < -0.39 is 17.4 Å². The number of halogens is 3. The minimum absolute atomic E-state index is 0.0930. The molecule has 2 heterocycles. The van der Waals surface area contributed by atoms with Crippen molar-refractivity contribution in [2.75, 3.05) is 0 Å². The lowest BCUT2D eigenvalue weighted by Gasteiger charge is -2.06. The molecule has 0 aliphatic rings. The van der Waals surface area contributed by atoms with E-state index in [1.807, 2.05) is 0 Å². The van der Waals surface area contributed by atoms with Crippen molar-refractivity contribution in [1.29, 1.82) is 0 Å². The fourth-order valence-corrected chi connectivity index (χ4v) is 1.90. The third-order valence-corrected chi connectivity index (χ3v) is 3.00. The van der Waals surface area contributed by atoms with E-state index in [0.717, 1.165) is 6.39 Å². The van der Waals surface area contributed by atoms with Crippen LogP contribution in [0, 0.1) is 0 Å². The number of alkyl halides is 3. The first-order chi connectivity index (χ1) is 10.4. The van der Waals surface area contributed by atoms with E-state index in [4.69, 9.17) is 16.0 Å². The average molecular weight is 327 g/mol. The molecule has 22 heavy (non-hydrogen) atoms. The number of aromatic nitrogens is 3. The van der Waals surface area contributed by atoms with E-state index in [1.165, 1.54) is 12.3 Å². The number of benzene rings is 1. The Balaban J connectivity index is 1.93. The van der Waals surface area contributed by atoms with Gasteiger partial charge in [0.25, 0.3) is 0 Å². The van der Waals surface area contributed by atoms with Gasteiger partial charge in [-0.05, 0) is 23.2 Å². The van der Waals surface area contributed by atoms with E-state index in [2.05, 4.69) is 19.6 Å². The van der Waals surface area contributed by atoms with Crippen LogP contribution < -0.4 is 0 Å². The number of hydrogen-bond acceptors (Lipinski definition) is 5. The predicted molar refractivity (Wildman–Crippen MR) is 68.5 cm³/mol. The van der Waals surface area contributed by atoms with E-state index in [0.29, 0.717) is 11.1 Å². The van der Waals surface area contributed by atoms with Gasteiger partial charge in [-0.15, -0.1) is 0 Å². The lowest BCUT2D eigenvalue weighted by atomic mass is 10.0.